The van der Waals surface area contributed by atoms with Crippen LogP contribution in [0.5, 0.6) is 5.88 Å². The van der Waals surface area contributed by atoms with Crippen molar-refractivity contribution in [3.8, 4) is 5.88 Å². The smallest absolute Gasteiger partial charge is 0.223 e. The van der Waals surface area contributed by atoms with Gasteiger partial charge in [0.25, 0.3) is 0 Å². The number of aryl methyl sites for hydroxylation is 1. The fourth-order valence-corrected chi connectivity index (χ4v) is 2.03. The molecule has 20 heavy (non-hydrogen) atoms. The third-order valence-electron chi connectivity index (χ3n) is 3.22. The molecular weight excluding hydrogens is 250 g/mol. The van der Waals surface area contributed by atoms with Gasteiger partial charge in [0, 0.05) is 36.0 Å². The molecule has 1 atom stereocenters. The molecule has 0 saturated heterocycles. The molecule has 0 aromatic carbocycles. The first kappa shape index (κ1) is 12.5. The van der Waals surface area contributed by atoms with Crippen LogP contribution in [0.1, 0.15) is 24.3 Å². The first-order valence-electron chi connectivity index (χ1n) is 6.52. The van der Waals surface area contributed by atoms with E-state index >= 15 is 0 Å². The van der Waals surface area contributed by atoms with Crippen molar-refractivity contribution in [2.45, 2.75) is 20.0 Å². The third-order valence-corrected chi connectivity index (χ3v) is 3.22. The molecule has 0 aliphatic heterocycles. The van der Waals surface area contributed by atoms with Gasteiger partial charge in [-0.2, -0.15) is 0 Å². The fourth-order valence-electron chi connectivity index (χ4n) is 2.03. The van der Waals surface area contributed by atoms with Gasteiger partial charge in [-0.25, -0.2) is 4.98 Å². The van der Waals surface area contributed by atoms with Gasteiger partial charge in [0.15, 0.2) is 0 Å². The highest BCUT2D eigenvalue weighted by atomic mass is 16.5. The largest absolute Gasteiger partial charge is 0.469 e. The molecule has 3 aromatic heterocycles. The van der Waals surface area contributed by atoms with Crippen LogP contribution >= 0.6 is 0 Å². The van der Waals surface area contributed by atoms with Crippen molar-refractivity contribution in [3.63, 3.8) is 0 Å². The molecule has 3 heterocycles. The number of rotatable bonds is 3. The predicted octanol–water partition coefficient (Wildman–Crippen LogP) is 3.47. The van der Waals surface area contributed by atoms with Crippen LogP contribution in [0, 0.1) is 6.92 Å². The lowest BCUT2D eigenvalue weighted by atomic mass is 10.1. The fraction of sp³-hybridized carbons (Fsp3) is 0.188. The number of aromatic nitrogens is 3. The average Bonchev–Trinajstić information content (AvgIpc) is 2.48. The second-order valence-corrected chi connectivity index (χ2v) is 4.71. The van der Waals surface area contributed by atoms with Crippen molar-refractivity contribution < 1.29 is 4.74 Å². The van der Waals surface area contributed by atoms with Gasteiger partial charge in [-0.05, 0) is 37.4 Å². The van der Waals surface area contributed by atoms with Crippen LogP contribution < -0.4 is 4.74 Å². The zero-order valence-corrected chi connectivity index (χ0v) is 11.4. The lowest BCUT2D eigenvalue weighted by Gasteiger charge is -2.15. The van der Waals surface area contributed by atoms with Gasteiger partial charge in [-0.15, -0.1) is 0 Å². The minimum atomic E-state index is -0.110. The molecule has 3 rings (SSSR count). The van der Waals surface area contributed by atoms with E-state index in [9.17, 15) is 0 Å². The van der Waals surface area contributed by atoms with Crippen molar-refractivity contribution in [3.05, 3.63) is 60.3 Å². The molecule has 3 aromatic rings. The Morgan fingerprint density at radius 3 is 2.65 bits per heavy atom. The summed E-state index contributed by atoms with van der Waals surface area (Å²) in [4.78, 5) is 12.7. The monoisotopic (exact) mass is 265 g/mol. The number of fused-ring (bicyclic) bond motifs is 1. The van der Waals surface area contributed by atoms with E-state index in [4.69, 9.17) is 4.74 Å². The number of hydrogen-bond acceptors (Lipinski definition) is 4. The summed E-state index contributed by atoms with van der Waals surface area (Å²) in [5.41, 5.74) is 2.02. The number of pyridine rings is 3. The zero-order chi connectivity index (χ0) is 13.9. The predicted molar refractivity (Wildman–Crippen MR) is 77.6 cm³/mol. The molecule has 0 N–H and O–H groups in total. The summed E-state index contributed by atoms with van der Waals surface area (Å²) in [6.45, 7) is 3.95. The Balaban J connectivity index is 1.91. The van der Waals surface area contributed by atoms with Crippen LogP contribution in [0.3, 0.4) is 0 Å². The first-order chi connectivity index (χ1) is 9.74. The molecule has 4 heteroatoms. The van der Waals surface area contributed by atoms with Gasteiger partial charge in [-0.1, -0.05) is 6.07 Å². The topological polar surface area (TPSA) is 47.9 Å². The molecule has 0 fully saturated rings. The van der Waals surface area contributed by atoms with E-state index in [1.165, 1.54) is 0 Å². The van der Waals surface area contributed by atoms with E-state index in [0.29, 0.717) is 5.88 Å². The van der Waals surface area contributed by atoms with Crippen molar-refractivity contribution in [2.75, 3.05) is 0 Å². The Labute approximate surface area is 117 Å². The lowest BCUT2D eigenvalue weighted by molar-refractivity contribution is 0.220. The summed E-state index contributed by atoms with van der Waals surface area (Å²) in [5.74, 6) is 0.601. The van der Waals surface area contributed by atoms with Crippen molar-refractivity contribution in [1.29, 1.82) is 0 Å². The summed E-state index contributed by atoms with van der Waals surface area (Å²) in [6, 6.07) is 7.90. The Bertz CT molecular complexity index is 720. The molecule has 0 aliphatic rings. The van der Waals surface area contributed by atoms with Crippen LogP contribution in [-0.2, 0) is 0 Å². The highest BCUT2D eigenvalue weighted by molar-refractivity contribution is 5.85. The van der Waals surface area contributed by atoms with Gasteiger partial charge < -0.3 is 4.74 Å². The van der Waals surface area contributed by atoms with E-state index in [2.05, 4.69) is 15.0 Å². The maximum absolute atomic E-state index is 5.96. The van der Waals surface area contributed by atoms with Crippen LogP contribution in [0.2, 0.25) is 0 Å². The van der Waals surface area contributed by atoms with Crippen LogP contribution in [0.15, 0.2) is 49.1 Å². The summed E-state index contributed by atoms with van der Waals surface area (Å²) in [7, 11) is 0. The second kappa shape index (κ2) is 5.25. The summed E-state index contributed by atoms with van der Waals surface area (Å²) < 4.78 is 5.96. The Kier molecular flexibility index (Phi) is 3.29. The van der Waals surface area contributed by atoms with Crippen LogP contribution in [0.4, 0.5) is 0 Å². The number of ether oxygens (including phenoxy) is 1. The molecule has 0 saturated carbocycles. The standard InChI is InChI=1S/C16H15N3O/c1-11-3-4-14(9-19-11)12(2)20-16-15-10-17-7-5-13(15)6-8-18-16/h3-10,12H,1-2H3. The minimum absolute atomic E-state index is 0.110. The van der Waals surface area contributed by atoms with Crippen molar-refractivity contribution >= 4 is 10.8 Å². The molecule has 1 unspecified atom stereocenters. The first-order valence-corrected chi connectivity index (χ1v) is 6.52. The van der Waals surface area contributed by atoms with E-state index in [1.807, 2.05) is 44.3 Å². The van der Waals surface area contributed by atoms with Gasteiger partial charge in [0.2, 0.25) is 5.88 Å². The van der Waals surface area contributed by atoms with E-state index in [1.54, 1.807) is 18.6 Å². The van der Waals surface area contributed by atoms with E-state index in [-0.39, 0.29) is 6.10 Å². The van der Waals surface area contributed by atoms with Gasteiger partial charge in [-0.3, -0.25) is 9.97 Å². The Morgan fingerprint density at radius 1 is 1.00 bits per heavy atom. The lowest BCUT2D eigenvalue weighted by Crippen LogP contribution is -2.05. The highest BCUT2D eigenvalue weighted by Gasteiger charge is 2.11. The zero-order valence-electron chi connectivity index (χ0n) is 11.4. The minimum Gasteiger partial charge on any atom is -0.469 e. The molecule has 0 aliphatic carbocycles. The molecule has 0 radical (unpaired) electrons. The van der Waals surface area contributed by atoms with Gasteiger partial charge in [0.1, 0.15) is 6.10 Å². The maximum Gasteiger partial charge on any atom is 0.223 e. The van der Waals surface area contributed by atoms with Crippen LogP contribution in [0.25, 0.3) is 10.8 Å². The van der Waals surface area contributed by atoms with Gasteiger partial charge >= 0.3 is 0 Å². The SMILES string of the molecule is Cc1ccc(C(C)Oc2nccc3ccncc23)cn1. The average molecular weight is 265 g/mol. The summed E-state index contributed by atoms with van der Waals surface area (Å²) >= 11 is 0. The summed E-state index contributed by atoms with van der Waals surface area (Å²) in [5, 5.41) is 1.99. The molecule has 0 spiro atoms. The second-order valence-electron chi connectivity index (χ2n) is 4.71. The van der Waals surface area contributed by atoms with Crippen molar-refractivity contribution in [1.82, 2.24) is 15.0 Å². The molecular formula is C16H15N3O. The van der Waals surface area contributed by atoms with E-state index in [0.717, 1.165) is 22.0 Å². The molecule has 0 bridgehead atoms. The Hall–Kier alpha value is -2.49. The highest BCUT2D eigenvalue weighted by Crippen LogP contribution is 2.26. The quantitative estimate of drug-likeness (QED) is 0.727. The normalized spacial score (nSPS) is 12.3. The third kappa shape index (κ3) is 2.45. The van der Waals surface area contributed by atoms with Crippen LogP contribution in [-0.4, -0.2) is 15.0 Å². The van der Waals surface area contributed by atoms with Gasteiger partial charge in [0.05, 0.1) is 5.39 Å². The maximum atomic E-state index is 5.96. The number of hydrogen-bond donors (Lipinski definition) is 0. The van der Waals surface area contributed by atoms with Crippen molar-refractivity contribution in [2.24, 2.45) is 0 Å². The molecule has 0 amide bonds. The number of nitrogens with zero attached hydrogens (tertiary/aromatic N) is 3. The Morgan fingerprint density at radius 2 is 1.85 bits per heavy atom. The van der Waals surface area contributed by atoms with E-state index < -0.39 is 0 Å². The molecule has 4 nitrogen and oxygen atoms in total. The summed E-state index contributed by atoms with van der Waals surface area (Å²) in [6.07, 6.45) is 7.01. The molecule has 100 valence electrons.